The predicted molar refractivity (Wildman–Crippen MR) is 103 cm³/mol. The zero-order valence-electron chi connectivity index (χ0n) is 16.9. The Bertz CT molecular complexity index is 1260. The highest BCUT2D eigenvalue weighted by atomic mass is 19.4. The van der Waals surface area contributed by atoms with Gasteiger partial charge in [-0.2, -0.15) is 36.4 Å². The highest BCUT2D eigenvalue weighted by Gasteiger charge is 2.32. The van der Waals surface area contributed by atoms with Gasteiger partial charge in [-0.05, 0) is 37.3 Å². The van der Waals surface area contributed by atoms with Crippen molar-refractivity contribution in [2.75, 3.05) is 0 Å². The first kappa shape index (κ1) is 22.9. The van der Waals surface area contributed by atoms with E-state index < -0.39 is 42.0 Å². The van der Waals surface area contributed by atoms with Crippen LogP contribution in [0, 0.1) is 5.92 Å². The number of hydrogen-bond donors (Lipinski definition) is 0. The summed E-state index contributed by atoms with van der Waals surface area (Å²) in [5.74, 6) is -0.468. The molecule has 176 valence electrons. The summed E-state index contributed by atoms with van der Waals surface area (Å²) >= 11 is 0. The fourth-order valence-corrected chi connectivity index (χ4v) is 3.34. The van der Waals surface area contributed by atoms with E-state index in [0.717, 1.165) is 40.3 Å². The van der Waals surface area contributed by atoms with Gasteiger partial charge < -0.3 is 0 Å². The zero-order valence-corrected chi connectivity index (χ0v) is 16.9. The standard InChI is InChI=1S/C20H17F6N5O2/c21-19(22,23)7-2-8-31-16-14(17(32)30(18(33)28-16)10-11-5-6-11)27-15(29-31)12-3-1-4-13(9-12)20(24,25)26/h1,3-4,9,11H,2,5-8,10H2. The summed E-state index contributed by atoms with van der Waals surface area (Å²) in [7, 11) is 0. The van der Waals surface area contributed by atoms with Gasteiger partial charge in [0.1, 0.15) is 0 Å². The molecule has 3 aliphatic rings. The van der Waals surface area contributed by atoms with Crippen molar-refractivity contribution in [3.05, 3.63) is 50.7 Å². The first-order valence-corrected chi connectivity index (χ1v) is 10.1. The SMILES string of the molecule is O=c1nc2n(CCCC(F)(F)F)nc(-c3cccc(C(F)(F)F)c3)nc-2c(=O)n1CC1CC1. The van der Waals surface area contributed by atoms with Crippen molar-refractivity contribution < 1.29 is 26.3 Å². The molecule has 33 heavy (non-hydrogen) atoms. The molecule has 1 aliphatic carbocycles. The van der Waals surface area contributed by atoms with E-state index in [0.29, 0.717) is 0 Å². The molecule has 1 aromatic carbocycles. The molecule has 0 spiro atoms. The zero-order chi connectivity index (χ0) is 24.0. The van der Waals surface area contributed by atoms with E-state index in [1.54, 1.807) is 0 Å². The molecule has 0 radical (unpaired) electrons. The Labute approximate surface area is 182 Å². The predicted octanol–water partition coefficient (Wildman–Crippen LogP) is 3.74. The summed E-state index contributed by atoms with van der Waals surface area (Å²) < 4.78 is 79.1. The van der Waals surface area contributed by atoms with Crippen LogP contribution >= 0.6 is 0 Å². The van der Waals surface area contributed by atoms with Crippen LogP contribution in [0.5, 0.6) is 0 Å². The molecule has 2 heterocycles. The molecule has 0 atom stereocenters. The van der Waals surface area contributed by atoms with E-state index in [-0.39, 0.29) is 41.9 Å². The number of nitrogens with zero attached hydrogens (tertiary/aromatic N) is 5. The smallest absolute Gasteiger partial charge is 0.267 e. The maximum absolute atomic E-state index is 13.1. The number of halogens is 6. The van der Waals surface area contributed by atoms with Crippen LogP contribution in [0.15, 0.2) is 33.9 Å². The molecule has 13 heteroatoms. The van der Waals surface area contributed by atoms with E-state index in [1.165, 1.54) is 6.07 Å². The second-order valence-corrected chi connectivity index (χ2v) is 7.88. The third kappa shape index (κ3) is 5.22. The third-order valence-electron chi connectivity index (χ3n) is 5.19. The lowest BCUT2D eigenvalue weighted by Crippen LogP contribution is -2.39. The minimum absolute atomic E-state index is 0.0874. The molecule has 2 aliphatic heterocycles. The Morgan fingerprint density at radius 3 is 2.39 bits per heavy atom. The average molecular weight is 473 g/mol. The van der Waals surface area contributed by atoms with Crippen molar-refractivity contribution in [3.63, 3.8) is 0 Å². The molecular weight excluding hydrogens is 456 g/mol. The summed E-state index contributed by atoms with van der Waals surface area (Å²) in [4.78, 5) is 33.2. The van der Waals surface area contributed by atoms with E-state index in [4.69, 9.17) is 0 Å². The molecule has 1 saturated carbocycles. The molecule has 0 bridgehead atoms. The lowest BCUT2D eigenvalue weighted by molar-refractivity contribution is -0.137. The van der Waals surface area contributed by atoms with Crippen LogP contribution in [0.1, 0.15) is 31.2 Å². The van der Waals surface area contributed by atoms with E-state index >= 15 is 0 Å². The highest BCUT2D eigenvalue weighted by molar-refractivity contribution is 5.60. The van der Waals surface area contributed by atoms with Crippen molar-refractivity contribution >= 4 is 0 Å². The van der Waals surface area contributed by atoms with Crippen LogP contribution in [-0.4, -0.2) is 30.5 Å². The summed E-state index contributed by atoms with van der Waals surface area (Å²) in [6.45, 7) is -0.249. The fraction of sp³-hybridized carbons (Fsp3) is 0.450. The van der Waals surface area contributed by atoms with Crippen molar-refractivity contribution in [1.82, 2.24) is 24.3 Å². The number of fused-ring (bicyclic) bond motifs is 1. The molecule has 1 aromatic rings. The van der Waals surface area contributed by atoms with Gasteiger partial charge in [-0.15, -0.1) is 0 Å². The van der Waals surface area contributed by atoms with Gasteiger partial charge >= 0.3 is 18.0 Å². The molecule has 0 N–H and O–H groups in total. The van der Waals surface area contributed by atoms with E-state index in [2.05, 4.69) is 15.1 Å². The number of hydrogen-bond acceptors (Lipinski definition) is 5. The van der Waals surface area contributed by atoms with Crippen LogP contribution in [0.2, 0.25) is 0 Å². The highest BCUT2D eigenvalue weighted by Crippen LogP contribution is 2.32. The monoisotopic (exact) mass is 473 g/mol. The van der Waals surface area contributed by atoms with Gasteiger partial charge in [-0.3, -0.25) is 9.36 Å². The lowest BCUT2D eigenvalue weighted by atomic mass is 10.1. The molecule has 0 aromatic heterocycles. The summed E-state index contributed by atoms with van der Waals surface area (Å²) in [6, 6.07) is 4.04. The largest absolute Gasteiger partial charge is 0.416 e. The molecule has 4 rings (SSSR count). The topological polar surface area (TPSA) is 82.7 Å². The molecular formula is C20H17F6N5O2. The van der Waals surface area contributed by atoms with Crippen LogP contribution in [0.25, 0.3) is 22.9 Å². The minimum atomic E-state index is -4.65. The number of alkyl halides is 6. The quantitative estimate of drug-likeness (QED) is 0.510. The molecule has 0 unspecified atom stereocenters. The van der Waals surface area contributed by atoms with Crippen molar-refractivity contribution in [1.29, 1.82) is 0 Å². The first-order valence-electron chi connectivity index (χ1n) is 10.1. The van der Waals surface area contributed by atoms with Crippen molar-refractivity contribution in [2.45, 2.75) is 51.1 Å². The van der Waals surface area contributed by atoms with Gasteiger partial charge in [0.05, 0.1) is 5.56 Å². The Morgan fingerprint density at radius 1 is 1.03 bits per heavy atom. The van der Waals surface area contributed by atoms with Gasteiger partial charge in [0.2, 0.25) is 0 Å². The third-order valence-corrected chi connectivity index (χ3v) is 5.19. The maximum atomic E-state index is 13.1. The molecule has 0 saturated heterocycles. The van der Waals surface area contributed by atoms with Crippen molar-refractivity contribution in [3.8, 4) is 22.9 Å². The number of rotatable bonds is 6. The Kier molecular flexibility index (Phi) is 5.74. The average Bonchev–Trinajstić information content (AvgIpc) is 3.54. The lowest BCUT2D eigenvalue weighted by Gasteiger charge is -2.16. The van der Waals surface area contributed by atoms with E-state index in [9.17, 15) is 35.9 Å². The number of benzene rings is 1. The van der Waals surface area contributed by atoms with Gasteiger partial charge in [0.25, 0.3) is 5.56 Å². The van der Waals surface area contributed by atoms with Gasteiger partial charge in [0.15, 0.2) is 17.3 Å². The Hall–Kier alpha value is -3.25. The van der Waals surface area contributed by atoms with Crippen LogP contribution in [-0.2, 0) is 19.3 Å². The molecule has 1 fully saturated rings. The summed E-state index contributed by atoms with van der Waals surface area (Å²) in [6.07, 6.45) is -9.02. The molecule has 7 nitrogen and oxygen atoms in total. The second-order valence-electron chi connectivity index (χ2n) is 7.88. The number of aryl methyl sites for hydroxylation is 1. The van der Waals surface area contributed by atoms with E-state index in [1.807, 2.05) is 0 Å². The van der Waals surface area contributed by atoms with Crippen LogP contribution in [0.4, 0.5) is 26.3 Å². The Balaban J connectivity index is 1.85. The minimum Gasteiger partial charge on any atom is -0.267 e. The maximum Gasteiger partial charge on any atom is 0.416 e. The van der Waals surface area contributed by atoms with Gasteiger partial charge in [0, 0.05) is 25.1 Å². The summed E-state index contributed by atoms with van der Waals surface area (Å²) in [5.41, 5.74) is -3.09. The first-order chi connectivity index (χ1) is 15.4. The van der Waals surface area contributed by atoms with Gasteiger partial charge in [-0.25, -0.2) is 14.5 Å². The Morgan fingerprint density at radius 2 is 1.76 bits per heavy atom. The number of aromatic nitrogens is 5. The fourth-order valence-electron chi connectivity index (χ4n) is 3.34. The van der Waals surface area contributed by atoms with Crippen LogP contribution in [0.3, 0.4) is 0 Å². The normalized spacial score (nSPS) is 14.7. The summed E-state index contributed by atoms with van der Waals surface area (Å²) in [5, 5.41) is 4.02. The van der Waals surface area contributed by atoms with Crippen LogP contribution < -0.4 is 11.2 Å². The second kappa shape index (κ2) is 8.27. The molecule has 0 amide bonds. The van der Waals surface area contributed by atoms with Crippen molar-refractivity contribution in [2.24, 2.45) is 5.92 Å². The van der Waals surface area contributed by atoms with Gasteiger partial charge in [-0.1, -0.05) is 12.1 Å².